The summed E-state index contributed by atoms with van der Waals surface area (Å²) in [6.07, 6.45) is 0.635. The Labute approximate surface area is 122 Å². The minimum atomic E-state index is -3.43. The minimum absolute atomic E-state index is 0.324. The van der Waals surface area contributed by atoms with Gasteiger partial charge in [0.15, 0.2) is 0 Å². The van der Waals surface area contributed by atoms with E-state index < -0.39 is 10.2 Å². The zero-order valence-electron chi connectivity index (χ0n) is 10.3. The molecule has 0 radical (unpaired) electrons. The van der Waals surface area contributed by atoms with Crippen LogP contribution in [0.25, 0.3) is 0 Å². The third-order valence-electron chi connectivity index (χ3n) is 2.40. The van der Waals surface area contributed by atoms with Crippen LogP contribution in [0.2, 0.25) is 4.34 Å². The molecule has 18 heavy (non-hydrogen) atoms. The number of halogens is 2. The van der Waals surface area contributed by atoms with E-state index in [1.54, 1.807) is 20.2 Å². The lowest BCUT2D eigenvalue weighted by atomic mass is 10.5. The highest BCUT2D eigenvalue weighted by molar-refractivity contribution is 7.86. The number of hydrogen-bond donors (Lipinski definition) is 0. The smallest absolute Gasteiger partial charge is 0.195 e. The molecule has 0 aliphatic heterocycles. The van der Waals surface area contributed by atoms with Gasteiger partial charge in [-0.05, 0) is 18.6 Å². The van der Waals surface area contributed by atoms with Gasteiger partial charge in [0, 0.05) is 37.9 Å². The third-order valence-corrected chi connectivity index (χ3v) is 5.77. The molecular formula is C10H16Cl2N2O2S2. The van der Waals surface area contributed by atoms with Crippen LogP contribution < -0.4 is 0 Å². The fourth-order valence-electron chi connectivity index (χ4n) is 1.37. The summed E-state index contributed by atoms with van der Waals surface area (Å²) in [4.78, 5) is 0.914. The molecule has 0 saturated heterocycles. The summed E-state index contributed by atoms with van der Waals surface area (Å²) in [6, 6.07) is 3.59. The Kier molecular flexibility index (Phi) is 6.37. The standard InChI is InChI=1S/C10H16Cl2N2O2S2/c1-13(7-3-6-11)18(15,16)14(2)8-9-4-5-10(12)17-9/h4-5H,3,6-8H2,1-2H3. The van der Waals surface area contributed by atoms with Crippen molar-refractivity contribution in [2.45, 2.75) is 13.0 Å². The Morgan fingerprint density at radius 1 is 1.28 bits per heavy atom. The van der Waals surface area contributed by atoms with Gasteiger partial charge >= 0.3 is 0 Å². The molecule has 104 valence electrons. The summed E-state index contributed by atoms with van der Waals surface area (Å²) in [6.45, 7) is 0.742. The Morgan fingerprint density at radius 2 is 1.94 bits per heavy atom. The van der Waals surface area contributed by atoms with Crippen molar-refractivity contribution >= 4 is 44.7 Å². The van der Waals surface area contributed by atoms with E-state index in [0.29, 0.717) is 29.7 Å². The average molecular weight is 331 g/mol. The SMILES string of the molecule is CN(CCCCl)S(=O)(=O)N(C)Cc1ccc(Cl)s1. The highest BCUT2D eigenvalue weighted by Gasteiger charge is 2.23. The number of thiophene rings is 1. The molecule has 0 bridgehead atoms. The number of nitrogens with zero attached hydrogens (tertiary/aromatic N) is 2. The van der Waals surface area contributed by atoms with Crippen LogP contribution in [0.4, 0.5) is 0 Å². The van der Waals surface area contributed by atoms with Crippen molar-refractivity contribution in [3.63, 3.8) is 0 Å². The van der Waals surface area contributed by atoms with E-state index in [1.807, 2.05) is 6.07 Å². The molecule has 0 aromatic carbocycles. The highest BCUT2D eigenvalue weighted by Crippen LogP contribution is 2.23. The molecule has 0 unspecified atom stereocenters. The fraction of sp³-hybridized carbons (Fsp3) is 0.600. The normalized spacial score (nSPS) is 12.6. The van der Waals surface area contributed by atoms with Gasteiger partial charge in [-0.2, -0.15) is 17.0 Å². The van der Waals surface area contributed by atoms with Gasteiger partial charge in [-0.25, -0.2) is 0 Å². The molecule has 1 aromatic rings. The second kappa shape index (κ2) is 7.07. The molecule has 0 amide bonds. The van der Waals surface area contributed by atoms with Crippen molar-refractivity contribution in [1.82, 2.24) is 8.61 Å². The van der Waals surface area contributed by atoms with Gasteiger partial charge < -0.3 is 0 Å². The van der Waals surface area contributed by atoms with Crippen molar-refractivity contribution in [2.75, 3.05) is 26.5 Å². The second-order valence-corrected chi connectivity index (χ2v) is 8.15. The zero-order valence-corrected chi connectivity index (χ0v) is 13.4. The highest BCUT2D eigenvalue weighted by atomic mass is 35.5. The van der Waals surface area contributed by atoms with E-state index in [9.17, 15) is 8.42 Å². The summed E-state index contributed by atoms with van der Waals surface area (Å²) < 4.78 is 27.5. The van der Waals surface area contributed by atoms with Crippen LogP contribution in [-0.2, 0) is 16.8 Å². The zero-order chi connectivity index (χ0) is 13.8. The maximum absolute atomic E-state index is 12.1. The van der Waals surface area contributed by atoms with Gasteiger partial charge in [-0.3, -0.25) is 0 Å². The van der Waals surface area contributed by atoms with E-state index in [1.165, 1.54) is 19.9 Å². The van der Waals surface area contributed by atoms with Crippen LogP contribution in [0, 0.1) is 0 Å². The van der Waals surface area contributed by atoms with Crippen LogP contribution >= 0.6 is 34.5 Å². The number of alkyl halides is 1. The predicted molar refractivity (Wildman–Crippen MR) is 77.7 cm³/mol. The summed E-state index contributed by atoms with van der Waals surface area (Å²) >= 11 is 12.8. The van der Waals surface area contributed by atoms with Gasteiger partial charge in [0.05, 0.1) is 4.34 Å². The number of rotatable bonds is 7. The topological polar surface area (TPSA) is 40.6 Å². The van der Waals surface area contributed by atoms with Crippen LogP contribution in [0.3, 0.4) is 0 Å². The van der Waals surface area contributed by atoms with E-state index in [2.05, 4.69) is 0 Å². The average Bonchev–Trinajstić information content (AvgIpc) is 2.71. The molecule has 1 rings (SSSR count). The summed E-state index contributed by atoms with van der Waals surface area (Å²) in [5.74, 6) is 0.449. The molecule has 0 aliphatic rings. The molecule has 4 nitrogen and oxygen atoms in total. The Bertz CT molecular complexity index is 476. The van der Waals surface area contributed by atoms with Crippen molar-refractivity contribution in [3.8, 4) is 0 Å². The van der Waals surface area contributed by atoms with Gasteiger partial charge in [0.2, 0.25) is 0 Å². The largest absolute Gasteiger partial charge is 0.281 e. The molecule has 0 aliphatic carbocycles. The van der Waals surface area contributed by atoms with Crippen LogP contribution in [0.15, 0.2) is 12.1 Å². The molecule has 0 spiro atoms. The molecule has 1 aromatic heterocycles. The lowest BCUT2D eigenvalue weighted by Gasteiger charge is -2.23. The first kappa shape index (κ1) is 16.2. The van der Waals surface area contributed by atoms with Crippen LogP contribution in [0.1, 0.15) is 11.3 Å². The maximum atomic E-state index is 12.1. The first-order chi connectivity index (χ1) is 8.37. The van der Waals surface area contributed by atoms with Gasteiger partial charge in [0.25, 0.3) is 10.2 Å². The van der Waals surface area contributed by atoms with E-state index in [0.717, 1.165) is 4.88 Å². The van der Waals surface area contributed by atoms with E-state index in [-0.39, 0.29) is 0 Å². The first-order valence-electron chi connectivity index (χ1n) is 5.35. The lowest BCUT2D eigenvalue weighted by molar-refractivity contribution is 0.391. The molecule has 0 saturated carbocycles. The summed E-state index contributed by atoms with van der Waals surface area (Å²) in [7, 11) is -0.318. The molecule has 0 atom stereocenters. The predicted octanol–water partition coefficient (Wildman–Crippen LogP) is 2.64. The maximum Gasteiger partial charge on any atom is 0.281 e. The van der Waals surface area contributed by atoms with E-state index in [4.69, 9.17) is 23.2 Å². The lowest BCUT2D eigenvalue weighted by Crippen LogP contribution is -2.39. The van der Waals surface area contributed by atoms with Crippen molar-refractivity contribution in [1.29, 1.82) is 0 Å². The van der Waals surface area contributed by atoms with Gasteiger partial charge in [-0.1, -0.05) is 11.6 Å². The van der Waals surface area contributed by atoms with Crippen LogP contribution in [-0.4, -0.2) is 43.5 Å². The first-order valence-corrected chi connectivity index (χ1v) is 8.48. The summed E-state index contributed by atoms with van der Waals surface area (Å²) in [5, 5.41) is 0. The Balaban J connectivity index is 2.66. The molecule has 8 heteroatoms. The number of hydrogen-bond acceptors (Lipinski definition) is 3. The quantitative estimate of drug-likeness (QED) is 0.721. The van der Waals surface area contributed by atoms with Gasteiger partial charge in [0.1, 0.15) is 0 Å². The molecular weight excluding hydrogens is 315 g/mol. The van der Waals surface area contributed by atoms with Crippen molar-refractivity contribution < 1.29 is 8.42 Å². The van der Waals surface area contributed by atoms with E-state index >= 15 is 0 Å². The molecule has 1 heterocycles. The second-order valence-electron chi connectivity index (χ2n) is 3.83. The molecule has 0 fully saturated rings. The van der Waals surface area contributed by atoms with Crippen molar-refractivity contribution in [3.05, 3.63) is 21.3 Å². The Hall–Kier alpha value is 0.150. The fourth-order valence-corrected chi connectivity index (χ4v) is 3.85. The molecule has 0 N–H and O–H groups in total. The summed E-state index contributed by atoms with van der Waals surface area (Å²) in [5.41, 5.74) is 0. The Morgan fingerprint density at radius 3 is 2.44 bits per heavy atom. The van der Waals surface area contributed by atoms with Crippen molar-refractivity contribution in [2.24, 2.45) is 0 Å². The minimum Gasteiger partial charge on any atom is -0.195 e. The third kappa shape index (κ3) is 4.36. The monoisotopic (exact) mass is 330 g/mol. The van der Waals surface area contributed by atoms with Crippen LogP contribution in [0.5, 0.6) is 0 Å². The van der Waals surface area contributed by atoms with Gasteiger partial charge in [-0.15, -0.1) is 22.9 Å².